The Morgan fingerprint density at radius 3 is 2.52 bits per heavy atom. The van der Waals surface area contributed by atoms with E-state index in [1.54, 1.807) is 30.6 Å². The lowest BCUT2D eigenvalue weighted by atomic mass is 10.1. The molecular formula is C16H15ClN2O2. The SMILES string of the molecule is CC(=O)c1ccc(NC(=O)CCc2ccncc2)cc1Cl. The summed E-state index contributed by atoms with van der Waals surface area (Å²) >= 11 is 6.00. The van der Waals surface area contributed by atoms with Gasteiger partial charge in [0, 0.05) is 30.1 Å². The molecule has 0 aliphatic carbocycles. The Morgan fingerprint density at radius 2 is 1.90 bits per heavy atom. The van der Waals surface area contributed by atoms with Crippen molar-refractivity contribution in [2.24, 2.45) is 0 Å². The maximum Gasteiger partial charge on any atom is 0.224 e. The predicted molar refractivity (Wildman–Crippen MR) is 82.6 cm³/mol. The molecular weight excluding hydrogens is 288 g/mol. The Balaban J connectivity index is 1.94. The molecule has 0 saturated heterocycles. The summed E-state index contributed by atoms with van der Waals surface area (Å²) in [6.45, 7) is 1.45. The minimum absolute atomic E-state index is 0.0987. The van der Waals surface area contributed by atoms with Gasteiger partial charge in [-0.05, 0) is 49.2 Å². The van der Waals surface area contributed by atoms with E-state index in [0.29, 0.717) is 29.1 Å². The fraction of sp³-hybridized carbons (Fsp3) is 0.188. The molecule has 1 aromatic carbocycles. The van der Waals surface area contributed by atoms with Crippen molar-refractivity contribution >= 4 is 29.0 Å². The molecule has 1 aromatic heterocycles. The van der Waals surface area contributed by atoms with Crippen LogP contribution >= 0.6 is 11.6 Å². The Hall–Kier alpha value is -2.20. The average molecular weight is 303 g/mol. The molecule has 0 saturated carbocycles. The minimum Gasteiger partial charge on any atom is -0.326 e. The molecule has 0 aliphatic heterocycles. The Bertz CT molecular complexity index is 657. The minimum atomic E-state index is -0.101. The number of carbonyl (C=O) groups is 2. The quantitative estimate of drug-likeness (QED) is 0.860. The summed E-state index contributed by atoms with van der Waals surface area (Å²) in [5.74, 6) is -0.200. The molecule has 108 valence electrons. The molecule has 0 radical (unpaired) electrons. The van der Waals surface area contributed by atoms with Crippen molar-refractivity contribution in [3.8, 4) is 0 Å². The van der Waals surface area contributed by atoms with Gasteiger partial charge >= 0.3 is 0 Å². The van der Waals surface area contributed by atoms with E-state index < -0.39 is 0 Å². The molecule has 0 bridgehead atoms. The fourth-order valence-corrected chi connectivity index (χ4v) is 2.22. The van der Waals surface area contributed by atoms with Gasteiger partial charge in [-0.1, -0.05) is 11.6 Å². The first-order chi connectivity index (χ1) is 10.1. The number of Topliss-reactive ketones (excluding diaryl/α,β-unsaturated/α-hetero) is 1. The summed E-state index contributed by atoms with van der Waals surface area (Å²) in [6.07, 6.45) is 4.42. The number of halogens is 1. The van der Waals surface area contributed by atoms with Crippen molar-refractivity contribution in [2.45, 2.75) is 19.8 Å². The summed E-state index contributed by atoms with van der Waals surface area (Å²) in [4.78, 5) is 27.1. The van der Waals surface area contributed by atoms with E-state index in [1.807, 2.05) is 12.1 Å². The van der Waals surface area contributed by atoms with Crippen LogP contribution in [-0.2, 0) is 11.2 Å². The number of carbonyl (C=O) groups excluding carboxylic acids is 2. The zero-order valence-electron chi connectivity index (χ0n) is 11.6. The summed E-state index contributed by atoms with van der Waals surface area (Å²) in [5, 5.41) is 3.11. The molecule has 2 aromatic rings. The van der Waals surface area contributed by atoms with E-state index in [1.165, 1.54) is 6.92 Å². The van der Waals surface area contributed by atoms with E-state index in [-0.39, 0.29) is 11.7 Å². The predicted octanol–water partition coefficient (Wildman–Crippen LogP) is 3.51. The number of aromatic nitrogens is 1. The van der Waals surface area contributed by atoms with Crippen molar-refractivity contribution in [1.29, 1.82) is 0 Å². The highest BCUT2D eigenvalue weighted by atomic mass is 35.5. The number of rotatable bonds is 5. The zero-order chi connectivity index (χ0) is 15.2. The van der Waals surface area contributed by atoms with Gasteiger partial charge in [-0.3, -0.25) is 14.6 Å². The topological polar surface area (TPSA) is 59.1 Å². The first-order valence-corrected chi connectivity index (χ1v) is 6.93. The van der Waals surface area contributed by atoms with Crippen LogP contribution in [0.1, 0.15) is 29.3 Å². The van der Waals surface area contributed by atoms with E-state index in [9.17, 15) is 9.59 Å². The number of aryl methyl sites for hydroxylation is 1. The van der Waals surface area contributed by atoms with E-state index in [4.69, 9.17) is 11.6 Å². The normalized spacial score (nSPS) is 10.2. The second-order valence-electron chi connectivity index (χ2n) is 4.65. The first-order valence-electron chi connectivity index (χ1n) is 6.55. The van der Waals surface area contributed by atoms with Crippen molar-refractivity contribution in [3.63, 3.8) is 0 Å². The molecule has 0 spiro atoms. The van der Waals surface area contributed by atoms with Crippen LogP contribution in [0, 0.1) is 0 Å². The number of anilines is 1. The van der Waals surface area contributed by atoms with Crippen molar-refractivity contribution in [2.75, 3.05) is 5.32 Å². The van der Waals surface area contributed by atoms with Crippen molar-refractivity contribution in [3.05, 3.63) is 58.9 Å². The Labute approximate surface area is 128 Å². The van der Waals surface area contributed by atoms with Gasteiger partial charge in [-0.2, -0.15) is 0 Å². The molecule has 0 fully saturated rings. The maximum absolute atomic E-state index is 11.9. The van der Waals surface area contributed by atoms with Crippen LogP contribution in [0.5, 0.6) is 0 Å². The third kappa shape index (κ3) is 4.39. The smallest absolute Gasteiger partial charge is 0.224 e. The lowest BCUT2D eigenvalue weighted by Gasteiger charge is -2.07. The van der Waals surface area contributed by atoms with Gasteiger partial charge in [0.05, 0.1) is 5.02 Å². The van der Waals surface area contributed by atoms with Crippen LogP contribution in [0.3, 0.4) is 0 Å². The van der Waals surface area contributed by atoms with Gasteiger partial charge < -0.3 is 5.32 Å². The summed E-state index contributed by atoms with van der Waals surface area (Å²) < 4.78 is 0. The van der Waals surface area contributed by atoms with Crippen LogP contribution in [0.25, 0.3) is 0 Å². The molecule has 21 heavy (non-hydrogen) atoms. The second-order valence-corrected chi connectivity index (χ2v) is 5.06. The molecule has 1 N–H and O–H groups in total. The van der Waals surface area contributed by atoms with Crippen LogP contribution in [0.15, 0.2) is 42.7 Å². The molecule has 0 aliphatic rings. The number of amides is 1. The molecule has 0 atom stereocenters. The van der Waals surface area contributed by atoms with Crippen LogP contribution in [0.2, 0.25) is 5.02 Å². The summed E-state index contributed by atoms with van der Waals surface area (Å²) in [7, 11) is 0. The molecule has 1 amide bonds. The third-order valence-electron chi connectivity index (χ3n) is 3.02. The third-order valence-corrected chi connectivity index (χ3v) is 3.33. The second kappa shape index (κ2) is 6.99. The molecule has 5 heteroatoms. The molecule has 1 heterocycles. The molecule has 0 unspecified atom stereocenters. The van der Waals surface area contributed by atoms with Gasteiger partial charge in [-0.15, -0.1) is 0 Å². The van der Waals surface area contributed by atoms with Gasteiger partial charge in [0.15, 0.2) is 5.78 Å². The number of benzene rings is 1. The van der Waals surface area contributed by atoms with Crippen LogP contribution in [-0.4, -0.2) is 16.7 Å². The van der Waals surface area contributed by atoms with Gasteiger partial charge in [0.2, 0.25) is 5.91 Å². The molecule has 4 nitrogen and oxygen atoms in total. The van der Waals surface area contributed by atoms with E-state index >= 15 is 0 Å². The van der Waals surface area contributed by atoms with Gasteiger partial charge in [-0.25, -0.2) is 0 Å². The lowest BCUT2D eigenvalue weighted by Crippen LogP contribution is -2.12. The number of ketones is 1. The number of nitrogens with zero attached hydrogens (tertiary/aromatic N) is 1. The lowest BCUT2D eigenvalue weighted by molar-refractivity contribution is -0.116. The average Bonchev–Trinajstić information content (AvgIpc) is 2.46. The summed E-state index contributed by atoms with van der Waals surface area (Å²) in [6, 6.07) is 8.64. The highest BCUT2D eigenvalue weighted by Gasteiger charge is 2.08. The van der Waals surface area contributed by atoms with E-state index in [0.717, 1.165) is 5.56 Å². The van der Waals surface area contributed by atoms with Gasteiger partial charge in [0.1, 0.15) is 0 Å². The summed E-state index contributed by atoms with van der Waals surface area (Å²) in [5.41, 5.74) is 2.10. The highest BCUT2D eigenvalue weighted by molar-refractivity contribution is 6.34. The largest absolute Gasteiger partial charge is 0.326 e. The number of hydrogen-bond acceptors (Lipinski definition) is 3. The number of nitrogens with one attached hydrogen (secondary N) is 1. The fourth-order valence-electron chi connectivity index (χ4n) is 1.91. The zero-order valence-corrected chi connectivity index (χ0v) is 12.4. The molecule has 2 rings (SSSR count). The Morgan fingerprint density at radius 1 is 1.19 bits per heavy atom. The Kier molecular flexibility index (Phi) is 5.06. The monoisotopic (exact) mass is 302 g/mol. The highest BCUT2D eigenvalue weighted by Crippen LogP contribution is 2.21. The number of hydrogen-bond donors (Lipinski definition) is 1. The van der Waals surface area contributed by atoms with Gasteiger partial charge in [0.25, 0.3) is 0 Å². The van der Waals surface area contributed by atoms with Crippen LogP contribution < -0.4 is 5.32 Å². The van der Waals surface area contributed by atoms with Crippen molar-refractivity contribution < 1.29 is 9.59 Å². The number of pyridine rings is 1. The maximum atomic E-state index is 11.9. The first kappa shape index (κ1) is 15.2. The van der Waals surface area contributed by atoms with Crippen molar-refractivity contribution in [1.82, 2.24) is 4.98 Å². The van der Waals surface area contributed by atoms with Crippen LogP contribution in [0.4, 0.5) is 5.69 Å². The van der Waals surface area contributed by atoms with E-state index in [2.05, 4.69) is 10.3 Å². The standard InChI is InChI=1S/C16H15ClN2O2/c1-11(20)14-4-3-13(10-15(14)17)19-16(21)5-2-12-6-8-18-9-7-12/h3-4,6-10H,2,5H2,1H3,(H,19,21).